The Labute approximate surface area is 126 Å². The van der Waals surface area contributed by atoms with E-state index in [-0.39, 0.29) is 17.7 Å². The van der Waals surface area contributed by atoms with Crippen LogP contribution in [0, 0.1) is 13.8 Å². The zero-order valence-electron chi connectivity index (χ0n) is 12.3. The van der Waals surface area contributed by atoms with Gasteiger partial charge in [0.2, 0.25) is 5.76 Å². The predicted molar refractivity (Wildman–Crippen MR) is 77.4 cm³/mol. The first-order chi connectivity index (χ1) is 10.6. The van der Waals surface area contributed by atoms with Crippen LogP contribution in [0.5, 0.6) is 0 Å². The average molecular weight is 300 g/mol. The summed E-state index contributed by atoms with van der Waals surface area (Å²) in [6.45, 7) is 4.22. The quantitative estimate of drug-likeness (QED) is 0.779. The molecule has 1 N–H and O–H groups in total. The third kappa shape index (κ3) is 2.78. The fourth-order valence-electron chi connectivity index (χ4n) is 2.36. The van der Waals surface area contributed by atoms with E-state index < -0.39 is 0 Å². The Bertz CT molecular complexity index is 744. The van der Waals surface area contributed by atoms with Crippen molar-refractivity contribution in [1.82, 2.24) is 20.3 Å². The smallest absolute Gasteiger partial charge is 0.289 e. The number of carbonyl (C=O) groups excluding carboxylic acids is 1. The van der Waals surface area contributed by atoms with E-state index in [2.05, 4.69) is 15.6 Å². The molecule has 3 aromatic rings. The van der Waals surface area contributed by atoms with Crippen LogP contribution in [0.4, 0.5) is 0 Å². The van der Waals surface area contributed by atoms with Gasteiger partial charge in [-0.3, -0.25) is 9.48 Å². The SMILES string of the molecule is Cc1cc(C)n(C(CNC(=O)c2ccno2)c2ccco2)n1. The van der Waals surface area contributed by atoms with E-state index in [0.717, 1.165) is 17.1 Å². The number of rotatable bonds is 5. The van der Waals surface area contributed by atoms with Gasteiger partial charge in [-0.15, -0.1) is 0 Å². The number of amides is 1. The monoisotopic (exact) mass is 300 g/mol. The molecule has 1 unspecified atom stereocenters. The molecule has 3 aromatic heterocycles. The number of nitrogens with zero attached hydrogens (tertiary/aromatic N) is 3. The van der Waals surface area contributed by atoms with E-state index in [1.54, 1.807) is 6.26 Å². The molecule has 7 heteroatoms. The minimum absolute atomic E-state index is 0.173. The summed E-state index contributed by atoms with van der Waals surface area (Å²) in [5, 5.41) is 10.8. The van der Waals surface area contributed by atoms with Crippen molar-refractivity contribution in [3.63, 3.8) is 0 Å². The van der Waals surface area contributed by atoms with Crippen LogP contribution in [0.3, 0.4) is 0 Å². The zero-order valence-corrected chi connectivity index (χ0v) is 12.3. The minimum atomic E-state index is -0.324. The summed E-state index contributed by atoms with van der Waals surface area (Å²) in [5.74, 6) is 0.575. The van der Waals surface area contributed by atoms with Crippen molar-refractivity contribution < 1.29 is 13.7 Å². The summed E-state index contributed by atoms with van der Waals surface area (Å²) in [6.07, 6.45) is 3.03. The van der Waals surface area contributed by atoms with Crippen LogP contribution >= 0.6 is 0 Å². The highest BCUT2D eigenvalue weighted by molar-refractivity contribution is 5.91. The highest BCUT2D eigenvalue weighted by atomic mass is 16.5. The van der Waals surface area contributed by atoms with Crippen LogP contribution in [-0.2, 0) is 0 Å². The maximum Gasteiger partial charge on any atom is 0.289 e. The molecule has 1 amide bonds. The van der Waals surface area contributed by atoms with E-state index in [9.17, 15) is 4.79 Å². The second-order valence-electron chi connectivity index (χ2n) is 4.99. The number of furan rings is 1. The zero-order chi connectivity index (χ0) is 15.5. The van der Waals surface area contributed by atoms with Gasteiger partial charge in [0, 0.05) is 18.3 Å². The Morgan fingerprint density at radius 3 is 2.86 bits per heavy atom. The third-order valence-corrected chi connectivity index (χ3v) is 3.33. The summed E-state index contributed by atoms with van der Waals surface area (Å²) < 4.78 is 12.2. The summed E-state index contributed by atoms with van der Waals surface area (Å²) in [7, 11) is 0. The lowest BCUT2D eigenvalue weighted by Gasteiger charge is -2.17. The van der Waals surface area contributed by atoms with Crippen molar-refractivity contribution in [3.05, 3.63) is 59.6 Å². The maximum atomic E-state index is 12.0. The van der Waals surface area contributed by atoms with Crippen molar-refractivity contribution in [2.75, 3.05) is 6.54 Å². The minimum Gasteiger partial charge on any atom is -0.467 e. The summed E-state index contributed by atoms with van der Waals surface area (Å²) in [6, 6.07) is 6.94. The molecule has 7 nitrogen and oxygen atoms in total. The second kappa shape index (κ2) is 5.88. The molecule has 0 aliphatic rings. The van der Waals surface area contributed by atoms with Gasteiger partial charge in [-0.2, -0.15) is 5.10 Å². The Balaban J connectivity index is 1.81. The van der Waals surface area contributed by atoms with Crippen molar-refractivity contribution in [1.29, 1.82) is 0 Å². The first kappa shape index (κ1) is 14.1. The highest BCUT2D eigenvalue weighted by Crippen LogP contribution is 2.20. The second-order valence-corrected chi connectivity index (χ2v) is 4.99. The molecule has 0 saturated heterocycles. The summed E-state index contributed by atoms with van der Waals surface area (Å²) >= 11 is 0. The van der Waals surface area contributed by atoms with Crippen LogP contribution in [0.2, 0.25) is 0 Å². The number of hydrogen-bond acceptors (Lipinski definition) is 5. The van der Waals surface area contributed by atoms with Gasteiger partial charge in [-0.25, -0.2) is 0 Å². The molecule has 0 aliphatic heterocycles. The highest BCUT2D eigenvalue weighted by Gasteiger charge is 2.21. The fourth-order valence-corrected chi connectivity index (χ4v) is 2.36. The number of carbonyl (C=O) groups is 1. The molecule has 0 saturated carbocycles. The number of nitrogens with one attached hydrogen (secondary N) is 1. The van der Waals surface area contributed by atoms with Gasteiger partial charge in [0.1, 0.15) is 11.8 Å². The fraction of sp³-hybridized carbons (Fsp3) is 0.267. The summed E-state index contributed by atoms with van der Waals surface area (Å²) in [5.41, 5.74) is 1.91. The molecule has 0 fully saturated rings. The molecule has 0 aromatic carbocycles. The topological polar surface area (TPSA) is 86.1 Å². The van der Waals surface area contributed by atoms with E-state index >= 15 is 0 Å². The third-order valence-electron chi connectivity index (χ3n) is 3.33. The van der Waals surface area contributed by atoms with E-state index in [4.69, 9.17) is 8.94 Å². The first-order valence-electron chi connectivity index (χ1n) is 6.90. The van der Waals surface area contributed by atoms with Crippen molar-refractivity contribution >= 4 is 5.91 Å². The Morgan fingerprint density at radius 2 is 2.27 bits per heavy atom. The molecule has 0 bridgehead atoms. The van der Waals surface area contributed by atoms with Crippen molar-refractivity contribution in [2.45, 2.75) is 19.9 Å². The van der Waals surface area contributed by atoms with Crippen LogP contribution in [0.1, 0.15) is 33.7 Å². The van der Waals surface area contributed by atoms with Gasteiger partial charge in [-0.05, 0) is 32.0 Å². The van der Waals surface area contributed by atoms with Crippen LogP contribution in [-0.4, -0.2) is 27.4 Å². The van der Waals surface area contributed by atoms with Gasteiger partial charge in [0.05, 0.1) is 18.2 Å². The predicted octanol–water partition coefficient (Wildman–Crippen LogP) is 2.10. The van der Waals surface area contributed by atoms with E-state index in [0.29, 0.717) is 6.54 Å². The average Bonchev–Trinajstić information content (AvgIpc) is 3.22. The largest absolute Gasteiger partial charge is 0.467 e. The maximum absolute atomic E-state index is 12.0. The van der Waals surface area contributed by atoms with Crippen LogP contribution in [0.25, 0.3) is 0 Å². The molecule has 3 rings (SSSR count). The van der Waals surface area contributed by atoms with Gasteiger partial charge in [0.15, 0.2) is 0 Å². The standard InChI is InChI=1S/C15H16N4O3/c1-10-8-11(2)19(18-10)12(13-4-3-7-21-13)9-16-15(20)14-5-6-17-22-14/h3-8,12H,9H2,1-2H3,(H,16,20). The van der Waals surface area contributed by atoms with Crippen molar-refractivity contribution in [2.24, 2.45) is 0 Å². The number of hydrogen-bond donors (Lipinski definition) is 1. The van der Waals surface area contributed by atoms with Crippen LogP contribution in [0.15, 0.2) is 45.7 Å². The molecule has 0 spiro atoms. The first-order valence-corrected chi connectivity index (χ1v) is 6.90. The van der Waals surface area contributed by atoms with Gasteiger partial charge in [-0.1, -0.05) is 5.16 Å². The summed E-state index contributed by atoms with van der Waals surface area (Å²) in [4.78, 5) is 12.0. The normalized spacial score (nSPS) is 12.3. The van der Waals surface area contributed by atoms with Gasteiger partial charge >= 0.3 is 0 Å². The lowest BCUT2D eigenvalue weighted by molar-refractivity contribution is 0.0911. The molecular weight excluding hydrogens is 284 g/mol. The molecule has 0 aliphatic carbocycles. The molecular formula is C15H16N4O3. The van der Waals surface area contributed by atoms with Crippen LogP contribution < -0.4 is 5.32 Å². The van der Waals surface area contributed by atoms with Gasteiger partial charge < -0.3 is 14.3 Å². The Hall–Kier alpha value is -2.83. The number of aryl methyl sites for hydroxylation is 2. The van der Waals surface area contributed by atoms with E-state index in [1.165, 1.54) is 12.3 Å². The molecule has 0 radical (unpaired) electrons. The molecule has 22 heavy (non-hydrogen) atoms. The number of aromatic nitrogens is 3. The molecule has 114 valence electrons. The van der Waals surface area contributed by atoms with Crippen molar-refractivity contribution in [3.8, 4) is 0 Å². The van der Waals surface area contributed by atoms with E-state index in [1.807, 2.05) is 36.7 Å². The lowest BCUT2D eigenvalue weighted by atomic mass is 10.2. The molecule has 1 atom stereocenters. The Kier molecular flexibility index (Phi) is 3.78. The van der Waals surface area contributed by atoms with Gasteiger partial charge in [0.25, 0.3) is 5.91 Å². The Morgan fingerprint density at radius 1 is 1.41 bits per heavy atom. The molecule has 3 heterocycles. The lowest BCUT2D eigenvalue weighted by Crippen LogP contribution is -2.31.